The zero-order chi connectivity index (χ0) is 17.9. The Morgan fingerprint density at radius 1 is 1.38 bits per heavy atom. The minimum Gasteiger partial charge on any atom is -0.496 e. The Hall–Kier alpha value is -2.05. The van der Waals surface area contributed by atoms with E-state index in [0.29, 0.717) is 18.0 Å². The molecule has 2 N–H and O–H groups in total. The highest BCUT2D eigenvalue weighted by Crippen LogP contribution is 2.25. The molecule has 0 aliphatic carbocycles. The van der Waals surface area contributed by atoms with Gasteiger partial charge in [0.25, 0.3) is 0 Å². The van der Waals surface area contributed by atoms with E-state index >= 15 is 0 Å². The summed E-state index contributed by atoms with van der Waals surface area (Å²) >= 11 is 6.21. The molecule has 1 atom stereocenters. The van der Waals surface area contributed by atoms with Crippen LogP contribution >= 0.6 is 11.6 Å². The van der Waals surface area contributed by atoms with Crippen molar-refractivity contribution in [3.8, 4) is 5.75 Å². The van der Waals surface area contributed by atoms with Crippen LogP contribution in [0.3, 0.4) is 0 Å². The average Bonchev–Trinajstić information content (AvgIpc) is 2.81. The van der Waals surface area contributed by atoms with Crippen LogP contribution in [0, 0.1) is 13.8 Å². The van der Waals surface area contributed by atoms with Crippen LogP contribution in [0.15, 0.2) is 18.2 Å². The standard InChI is InChI=1S/C17H22ClN3O3/c1-10-16(18)11(2)21(20-10)9-13-7-12(5-6-15(13)23-3)8-14(19)17(22)24-4/h5-7,14H,8-9,19H2,1-4H3. The lowest BCUT2D eigenvalue weighted by molar-refractivity contribution is -0.142. The third-order valence-corrected chi connectivity index (χ3v) is 4.46. The van der Waals surface area contributed by atoms with E-state index in [2.05, 4.69) is 9.84 Å². The molecule has 1 unspecified atom stereocenters. The van der Waals surface area contributed by atoms with E-state index in [1.54, 1.807) is 7.11 Å². The summed E-state index contributed by atoms with van der Waals surface area (Å²) in [6.45, 7) is 4.31. The van der Waals surface area contributed by atoms with Crippen molar-refractivity contribution in [2.45, 2.75) is 32.9 Å². The molecule has 0 radical (unpaired) electrons. The Bertz CT molecular complexity index is 743. The van der Waals surface area contributed by atoms with Crippen LogP contribution in [0.2, 0.25) is 5.02 Å². The Labute approximate surface area is 146 Å². The number of nitrogens with zero attached hydrogens (tertiary/aromatic N) is 2. The second-order valence-corrected chi connectivity index (χ2v) is 6.00. The number of carbonyl (C=O) groups is 1. The molecule has 0 fully saturated rings. The van der Waals surface area contributed by atoms with Crippen LogP contribution in [-0.2, 0) is 22.5 Å². The van der Waals surface area contributed by atoms with Gasteiger partial charge >= 0.3 is 5.97 Å². The lowest BCUT2D eigenvalue weighted by atomic mass is 10.0. The number of carbonyl (C=O) groups excluding carboxylic acids is 1. The maximum absolute atomic E-state index is 11.5. The molecule has 0 aliphatic heterocycles. The molecule has 0 spiro atoms. The van der Waals surface area contributed by atoms with Crippen LogP contribution in [-0.4, -0.2) is 36.0 Å². The molecular formula is C17H22ClN3O3. The first-order valence-electron chi connectivity index (χ1n) is 7.56. The molecule has 0 amide bonds. The van der Waals surface area contributed by atoms with Crippen LogP contribution in [0.1, 0.15) is 22.5 Å². The van der Waals surface area contributed by atoms with Crippen LogP contribution < -0.4 is 10.5 Å². The van der Waals surface area contributed by atoms with E-state index in [-0.39, 0.29) is 0 Å². The minimum absolute atomic E-state index is 0.390. The molecule has 2 aromatic rings. The monoisotopic (exact) mass is 351 g/mol. The summed E-state index contributed by atoms with van der Waals surface area (Å²) in [6, 6.07) is 5.02. The van der Waals surface area contributed by atoms with Crippen molar-refractivity contribution >= 4 is 17.6 Å². The molecule has 1 aromatic carbocycles. The number of aryl methyl sites for hydroxylation is 1. The third kappa shape index (κ3) is 3.88. The van der Waals surface area contributed by atoms with E-state index in [1.165, 1.54) is 7.11 Å². The fourth-order valence-corrected chi connectivity index (χ4v) is 2.70. The number of rotatable bonds is 6. The van der Waals surface area contributed by atoms with Gasteiger partial charge in [-0.15, -0.1) is 0 Å². The van der Waals surface area contributed by atoms with E-state index in [0.717, 1.165) is 28.3 Å². The van der Waals surface area contributed by atoms with Gasteiger partial charge in [-0.1, -0.05) is 23.7 Å². The van der Waals surface area contributed by atoms with Gasteiger partial charge in [-0.25, -0.2) is 0 Å². The first-order valence-corrected chi connectivity index (χ1v) is 7.93. The summed E-state index contributed by atoms with van der Waals surface area (Å²) in [6.07, 6.45) is 0.390. The predicted molar refractivity (Wildman–Crippen MR) is 92.5 cm³/mol. The smallest absolute Gasteiger partial charge is 0.322 e. The zero-order valence-corrected chi connectivity index (χ0v) is 15.1. The number of benzene rings is 1. The molecule has 1 heterocycles. The number of aromatic nitrogens is 2. The van der Waals surface area contributed by atoms with E-state index < -0.39 is 12.0 Å². The van der Waals surface area contributed by atoms with E-state index in [9.17, 15) is 4.79 Å². The van der Waals surface area contributed by atoms with Gasteiger partial charge in [-0.05, 0) is 31.9 Å². The average molecular weight is 352 g/mol. The molecule has 0 aliphatic rings. The first kappa shape index (κ1) is 18.3. The van der Waals surface area contributed by atoms with Crippen LogP contribution in [0.4, 0.5) is 0 Å². The Balaban J connectivity index is 2.29. The van der Waals surface area contributed by atoms with Gasteiger partial charge in [0.15, 0.2) is 0 Å². The summed E-state index contributed by atoms with van der Waals surface area (Å²) in [5.74, 6) is 0.312. The lowest BCUT2D eigenvalue weighted by Gasteiger charge is -2.14. The zero-order valence-electron chi connectivity index (χ0n) is 14.3. The van der Waals surface area contributed by atoms with Gasteiger partial charge in [-0.3, -0.25) is 9.48 Å². The summed E-state index contributed by atoms with van der Waals surface area (Å²) in [4.78, 5) is 11.5. The number of esters is 1. The molecular weight excluding hydrogens is 330 g/mol. The maximum atomic E-state index is 11.5. The fraction of sp³-hybridized carbons (Fsp3) is 0.412. The van der Waals surface area contributed by atoms with Crippen molar-refractivity contribution in [2.75, 3.05) is 14.2 Å². The second kappa shape index (κ2) is 7.68. The maximum Gasteiger partial charge on any atom is 0.322 e. The molecule has 0 saturated heterocycles. The van der Waals surface area contributed by atoms with Crippen molar-refractivity contribution < 1.29 is 14.3 Å². The molecule has 0 saturated carbocycles. The van der Waals surface area contributed by atoms with Crippen LogP contribution in [0.5, 0.6) is 5.75 Å². The molecule has 130 valence electrons. The molecule has 24 heavy (non-hydrogen) atoms. The predicted octanol–water partition coefficient (Wildman–Crippen LogP) is 2.25. The van der Waals surface area contributed by atoms with E-state index in [4.69, 9.17) is 22.1 Å². The number of hydrogen-bond donors (Lipinski definition) is 1. The largest absolute Gasteiger partial charge is 0.496 e. The molecule has 0 bridgehead atoms. The number of ether oxygens (including phenoxy) is 2. The normalized spacial score (nSPS) is 12.1. The molecule has 1 aromatic heterocycles. The number of hydrogen-bond acceptors (Lipinski definition) is 5. The van der Waals surface area contributed by atoms with Gasteiger partial charge in [0, 0.05) is 5.56 Å². The Morgan fingerprint density at radius 2 is 2.08 bits per heavy atom. The fourth-order valence-electron chi connectivity index (χ4n) is 2.56. The van der Waals surface area contributed by atoms with Crippen molar-refractivity contribution in [3.63, 3.8) is 0 Å². The van der Waals surface area contributed by atoms with Crippen molar-refractivity contribution in [1.29, 1.82) is 0 Å². The number of nitrogens with two attached hydrogens (primary N) is 1. The Kier molecular flexibility index (Phi) is 5.85. The summed E-state index contributed by atoms with van der Waals surface area (Å²) in [5, 5.41) is 5.11. The summed E-state index contributed by atoms with van der Waals surface area (Å²) in [7, 11) is 2.95. The summed E-state index contributed by atoms with van der Waals surface area (Å²) < 4.78 is 11.9. The number of halogens is 1. The van der Waals surface area contributed by atoms with Crippen molar-refractivity contribution in [3.05, 3.63) is 45.7 Å². The van der Waals surface area contributed by atoms with E-state index in [1.807, 2.05) is 36.7 Å². The molecule has 7 heteroatoms. The first-order chi connectivity index (χ1) is 11.4. The minimum atomic E-state index is -0.695. The quantitative estimate of drug-likeness (QED) is 0.807. The van der Waals surface area contributed by atoms with Gasteiger partial charge in [0.2, 0.25) is 0 Å². The molecule has 2 rings (SSSR count). The number of methoxy groups -OCH3 is 2. The molecule has 6 nitrogen and oxygen atoms in total. The lowest BCUT2D eigenvalue weighted by Crippen LogP contribution is -2.33. The van der Waals surface area contributed by atoms with Gasteiger partial charge in [-0.2, -0.15) is 5.10 Å². The summed E-state index contributed by atoms with van der Waals surface area (Å²) in [5.41, 5.74) is 9.39. The van der Waals surface area contributed by atoms with Crippen molar-refractivity contribution in [1.82, 2.24) is 9.78 Å². The topological polar surface area (TPSA) is 79.4 Å². The third-order valence-electron chi connectivity index (χ3n) is 3.92. The Morgan fingerprint density at radius 3 is 2.62 bits per heavy atom. The highest BCUT2D eigenvalue weighted by molar-refractivity contribution is 6.31. The SMILES string of the molecule is COC(=O)C(N)Cc1ccc(OC)c(Cn2nc(C)c(Cl)c2C)c1. The highest BCUT2D eigenvalue weighted by atomic mass is 35.5. The van der Waals surface area contributed by atoms with Gasteiger partial charge < -0.3 is 15.2 Å². The highest BCUT2D eigenvalue weighted by Gasteiger charge is 2.16. The van der Waals surface area contributed by atoms with Crippen LogP contribution in [0.25, 0.3) is 0 Å². The van der Waals surface area contributed by atoms with Gasteiger partial charge in [0.1, 0.15) is 11.8 Å². The van der Waals surface area contributed by atoms with Crippen molar-refractivity contribution in [2.24, 2.45) is 5.73 Å². The van der Waals surface area contributed by atoms with Gasteiger partial charge in [0.05, 0.1) is 37.2 Å². The second-order valence-electron chi connectivity index (χ2n) is 5.62.